The highest BCUT2D eigenvalue weighted by Crippen LogP contribution is 2.44. The minimum atomic E-state index is -4.42. The van der Waals surface area contributed by atoms with Crippen molar-refractivity contribution in [3.05, 3.63) is 111 Å². The summed E-state index contributed by atoms with van der Waals surface area (Å²) < 4.78 is 43.3. The molecule has 0 unspecified atom stereocenters. The van der Waals surface area contributed by atoms with Gasteiger partial charge in [-0.25, -0.2) is 0 Å². The highest BCUT2D eigenvalue weighted by atomic mass is 79.9. The lowest BCUT2D eigenvalue weighted by Crippen LogP contribution is -2.29. The molecule has 1 aliphatic rings. The van der Waals surface area contributed by atoms with E-state index in [-0.39, 0.29) is 12.1 Å². The Morgan fingerprint density at radius 2 is 1.73 bits per heavy atom. The average molecular weight is 585 g/mol. The molecule has 1 aliphatic heterocycles. The third-order valence-electron chi connectivity index (χ3n) is 6.74. The Morgan fingerprint density at radius 1 is 0.946 bits per heavy atom. The van der Waals surface area contributed by atoms with Gasteiger partial charge in [-0.1, -0.05) is 28.1 Å². The van der Waals surface area contributed by atoms with Gasteiger partial charge in [0.2, 0.25) is 0 Å². The van der Waals surface area contributed by atoms with Gasteiger partial charge in [0.15, 0.2) is 5.11 Å². The summed E-state index contributed by atoms with van der Waals surface area (Å²) in [5.74, 6) is 0. The molecule has 0 amide bonds. The summed E-state index contributed by atoms with van der Waals surface area (Å²) in [5.41, 5.74) is 5.23. The van der Waals surface area contributed by atoms with Crippen LogP contribution in [-0.2, 0) is 6.18 Å². The van der Waals surface area contributed by atoms with Crippen LogP contribution in [0.4, 0.5) is 18.9 Å². The van der Waals surface area contributed by atoms with Crippen LogP contribution in [0.1, 0.15) is 45.9 Å². The van der Waals surface area contributed by atoms with Crippen molar-refractivity contribution in [1.29, 1.82) is 0 Å². The summed E-state index contributed by atoms with van der Waals surface area (Å²) in [5, 5.41) is 4.01. The Morgan fingerprint density at radius 3 is 2.41 bits per heavy atom. The summed E-state index contributed by atoms with van der Waals surface area (Å²) in [6.45, 7) is 5.86. The third kappa shape index (κ3) is 4.66. The quantitative estimate of drug-likeness (QED) is 0.248. The molecular formula is C28H24BrF3N4S. The first-order valence-corrected chi connectivity index (χ1v) is 12.9. The molecule has 4 nitrogen and oxygen atoms in total. The lowest BCUT2D eigenvalue weighted by Gasteiger charge is -2.28. The number of hydrogen-bond acceptors (Lipinski definition) is 2. The molecule has 0 aliphatic carbocycles. The van der Waals surface area contributed by atoms with E-state index >= 15 is 0 Å². The van der Waals surface area contributed by atoms with Crippen LogP contribution in [0.3, 0.4) is 0 Å². The van der Waals surface area contributed by atoms with Crippen LogP contribution in [-0.4, -0.2) is 14.7 Å². The van der Waals surface area contributed by atoms with E-state index in [9.17, 15) is 13.2 Å². The standard InChI is InChI=1S/C28H24BrF3N4S/c1-16-13-21(10-11-23(16)29)36-26(25(34-27(36)37)24-9-4-5-12-33-24)22-14-17(2)35(18(22)3)20-8-6-7-19(15-20)28(30,31)32/h4-15,25-26H,1-3H3,(H,34,37)/t25-,26-/m0/s1. The predicted molar refractivity (Wildman–Crippen MR) is 147 cm³/mol. The highest BCUT2D eigenvalue weighted by molar-refractivity contribution is 9.10. The van der Waals surface area contributed by atoms with Crippen LogP contribution in [0.15, 0.2) is 77.4 Å². The molecule has 190 valence electrons. The Balaban J connectivity index is 1.68. The van der Waals surface area contributed by atoms with Gasteiger partial charge in [0.25, 0.3) is 0 Å². The second kappa shape index (κ2) is 9.61. The molecule has 2 aromatic carbocycles. The number of aromatic nitrogens is 2. The molecule has 0 saturated carbocycles. The third-order valence-corrected chi connectivity index (χ3v) is 7.94. The fourth-order valence-corrected chi connectivity index (χ4v) is 5.63. The van der Waals surface area contributed by atoms with Gasteiger partial charge in [-0.2, -0.15) is 13.2 Å². The van der Waals surface area contributed by atoms with E-state index in [0.717, 1.165) is 44.4 Å². The Bertz CT molecular complexity index is 1480. The lowest BCUT2D eigenvalue weighted by atomic mass is 9.96. The first kappa shape index (κ1) is 25.5. The summed E-state index contributed by atoms with van der Waals surface area (Å²) in [6.07, 6.45) is -2.68. The van der Waals surface area contributed by atoms with E-state index in [1.54, 1.807) is 12.3 Å². The maximum atomic E-state index is 13.5. The van der Waals surface area contributed by atoms with Crippen molar-refractivity contribution in [3.63, 3.8) is 0 Å². The summed E-state index contributed by atoms with van der Waals surface area (Å²) in [4.78, 5) is 6.67. The van der Waals surface area contributed by atoms with E-state index < -0.39 is 11.7 Å². The van der Waals surface area contributed by atoms with Crippen molar-refractivity contribution in [2.75, 3.05) is 4.90 Å². The molecule has 9 heteroatoms. The summed E-state index contributed by atoms with van der Waals surface area (Å²) >= 11 is 9.40. The van der Waals surface area contributed by atoms with Gasteiger partial charge < -0.3 is 14.8 Å². The molecule has 37 heavy (non-hydrogen) atoms. The minimum Gasteiger partial charge on any atom is -0.351 e. The number of aryl methyl sites for hydroxylation is 2. The maximum Gasteiger partial charge on any atom is 0.416 e. The number of nitrogens with zero attached hydrogens (tertiary/aromatic N) is 3. The molecule has 4 aromatic rings. The number of alkyl halides is 3. The smallest absolute Gasteiger partial charge is 0.351 e. The molecule has 1 N–H and O–H groups in total. The molecular weight excluding hydrogens is 561 g/mol. The topological polar surface area (TPSA) is 33.1 Å². The molecule has 1 saturated heterocycles. The van der Waals surface area contributed by atoms with Gasteiger partial charge in [0, 0.05) is 33.4 Å². The number of pyridine rings is 1. The minimum absolute atomic E-state index is 0.256. The van der Waals surface area contributed by atoms with Crippen LogP contribution < -0.4 is 10.2 Å². The summed E-state index contributed by atoms with van der Waals surface area (Å²) in [6, 6.07) is 18.7. The van der Waals surface area contributed by atoms with Gasteiger partial charge in [-0.3, -0.25) is 4.98 Å². The molecule has 5 rings (SSSR count). The maximum absolute atomic E-state index is 13.5. The number of benzene rings is 2. The average Bonchev–Trinajstić information content (AvgIpc) is 3.36. The Hall–Kier alpha value is -3.17. The van der Waals surface area contributed by atoms with Gasteiger partial charge in [-0.05, 0) is 98.7 Å². The van der Waals surface area contributed by atoms with E-state index in [0.29, 0.717) is 10.8 Å². The monoisotopic (exact) mass is 584 g/mol. The number of thiocarbonyl (C=S) groups is 1. The SMILES string of the molecule is Cc1cc(N2C(=S)N[C@@H](c3ccccn3)[C@@H]2c2cc(C)n(-c3cccc(C(F)(F)F)c3)c2C)ccc1Br. The highest BCUT2D eigenvalue weighted by Gasteiger charge is 2.42. The molecule has 2 aromatic heterocycles. The van der Waals surface area contributed by atoms with Crippen molar-refractivity contribution in [3.8, 4) is 5.69 Å². The zero-order valence-corrected chi connectivity index (χ0v) is 22.7. The van der Waals surface area contributed by atoms with Crippen LogP contribution >= 0.6 is 28.1 Å². The van der Waals surface area contributed by atoms with Crippen LogP contribution in [0, 0.1) is 20.8 Å². The molecule has 3 heterocycles. The molecule has 0 bridgehead atoms. The second-order valence-corrected chi connectivity index (χ2v) is 10.4. The van der Waals surface area contributed by atoms with Gasteiger partial charge >= 0.3 is 6.18 Å². The fourth-order valence-electron chi connectivity index (χ4n) is 5.03. The normalized spacial score (nSPS) is 17.8. The van der Waals surface area contributed by atoms with Crippen molar-refractivity contribution in [2.45, 2.75) is 39.0 Å². The number of rotatable bonds is 4. The number of halogens is 4. The van der Waals surface area contributed by atoms with Gasteiger partial charge in [0.05, 0.1) is 23.3 Å². The van der Waals surface area contributed by atoms with Crippen LogP contribution in [0.25, 0.3) is 5.69 Å². The van der Waals surface area contributed by atoms with Crippen molar-refractivity contribution in [2.24, 2.45) is 0 Å². The molecule has 2 atom stereocenters. The van der Waals surface area contributed by atoms with Crippen molar-refractivity contribution in [1.82, 2.24) is 14.9 Å². The molecule has 1 fully saturated rings. The number of hydrogen-bond donors (Lipinski definition) is 1. The van der Waals surface area contributed by atoms with Gasteiger partial charge in [0.1, 0.15) is 0 Å². The molecule has 0 radical (unpaired) electrons. The number of anilines is 1. The van der Waals surface area contributed by atoms with Crippen LogP contribution in [0.5, 0.6) is 0 Å². The van der Waals surface area contributed by atoms with E-state index in [2.05, 4.69) is 37.2 Å². The van der Waals surface area contributed by atoms with Gasteiger partial charge in [-0.15, -0.1) is 0 Å². The van der Waals surface area contributed by atoms with E-state index in [1.807, 2.05) is 61.7 Å². The van der Waals surface area contributed by atoms with E-state index in [1.165, 1.54) is 12.1 Å². The predicted octanol–water partition coefficient (Wildman–Crippen LogP) is 7.76. The Labute approximate surface area is 227 Å². The van der Waals surface area contributed by atoms with Crippen LogP contribution in [0.2, 0.25) is 0 Å². The van der Waals surface area contributed by atoms with Crippen molar-refractivity contribution >= 4 is 38.9 Å². The zero-order chi connectivity index (χ0) is 26.5. The number of nitrogens with one attached hydrogen (secondary N) is 1. The first-order chi connectivity index (χ1) is 17.6. The molecule has 0 spiro atoms. The Kier molecular flexibility index (Phi) is 6.62. The second-order valence-electron chi connectivity index (χ2n) is 9.14. The summed E-state index contributed by atoms with van der Waals surface area (Å²) in [7, 11) is 0. The zero-order valence-electron chi connectivity index (χ0n) is 20.3. The van der Waals surface area contributed by atoms with E-state index in [4.69, 9.17) is 12.2 Å². The fraction of sp³-hybridized carbons (Fsp3) is 0.214. The first-order valence-electron chi connectivity index (χ1n) is 11.7. The van der Waals surface area contributed by atoms with Crippen molar-refractivity contribution < 1.29 is 13.2 Å². The lowest BCUT2D eigenvalue weighted by molar-refractivity contribution is -0.137. The largest absolute Gasteiger partial charge is 0.416 e.